The number of para-hydroxylation sites is 1. The predicted molar refractivity (Wildman–Crippen MR) is 69.6 cm³/mol. The molecule has 1 heterocycles. The van der Waals surface area contributed by atoms with Crippen LogP contribution in [0.3, 0.4) is 0 Å². The van der Waals surface area contributed by atoms with Crippen molar-refractivity contribution >= 4 is 11.3 Å². The SMILES string of the molecule is CN1CCC2=C(C=CCC2)c2ccccc21. The molecule has 0 spiro atoms. The molecule has 16 heavy (non-hydrogen) atoms. The van der Waals surface area contributed by atoms with Gasteiger partial charge in [0.1, 0.15) is 0 Å². The van der Waals surface area contributed by atoms with Crippen molar-refractivity contribution in [2.75, 3.05) is 18.5 Å². The summed E-state index contributed by atoms with van der Waals surface area (Å²) in [5.74, 6) is 0. The van der Waals surface area contributed by atoms with Gasteiger partial charge in [-0.25, -0.2) is 0 Å². The maximum Gasteiger partial charge on any atom is 0.0443 e. The lowest BCUT2D eigenvalue weighted by molar-refractivity contribution is 0.824. The van der Waals surface area contributed by atoms with E-state index in [9.17, 15) is 0 Å². The maximum absolute atomic E-state index is 2.38. The first-order valence-corrected chi connectivity index (χ1v) is 6.05. The van der Waals surface area contributed by atoms with Crippen LogP contribution in [-0.4, -0.2) is 13.6 Å². The minimum absolute atomic E-state index is 1.14. The van der Waals surface area contributed by atoms with Crippen molar-refractivity contribution in [2.24, 2.45) is 0 Å². The molecule has 1 nitrogen and oxygen atoms in total. The Bertz CT molecular complexity index is 468. The molecule has 0 aromatic heterocycles. The van der Waals surface area contributed by atoms with Crippen LogP contribution < -0.4 is 4.90 Å². The summed E-state index contributed by atoms with van der Waals surface area (Å²) in [6.07, 6.45) is 8.29. The van der Waals surface area contributed by atoms with E-state index in [1.54, 1.807) is 5.57 Å². The van der Waals surface area contributed by atoms with Gasteiger partial charge in [0, 0.05) is 24.8 Å². The van der Waals surface area contributed by atoms with Crippen molar-refractivity contribution in [1.82, 2.24) is 0 Å². The van der Waals surface area contributed by atoms with E-state index in [1.165, 1.54) is 36.1 Å². The molecular weight excluding hydrogens is 194 g/mol. The number of benzene rings is 1. The topological polar surface area (TPSA) is 3.24 Å². The van der Waals surface area contributed by atoms with E-state index >= 15 is 0 Å². The lowest BCUT2D eigenvalue weighted by Crippen LogP contribution is -2.18. The molecule has 0 bridgehead atoms. The van der Waals surface area contributed by atoms with Gasteiger partial charge in [-0.05, 0) is 30.9 Å². The van der Waals surface area contributed by atoms with Gasteiger partial charge in [0.05, 0.1) is 0 Å². The van der Waals surface area contributed by atoms with E-state index in [1.807, 2.05) is 0 Å². The molecule has 0 amide bonds. The number of hydrogen-bond acceptors (Lipinski definition) is 1. The molecular formula is C15H17N. The van der Waals surface area contributed by atoms with Crippen LogP contribution in [0.1, 0.15) is 24.8 Å². The third kappa shape index (κ3) is 1.47. The normalized spacial score (nSPS) is 19.2. The fraction of sp³-hybridized carbons (Fsp3) is 0.333. The first-order valence-electron chi connectivity index (χ1n) is 6.05. The third-order valence-corrected chi connectivity index (χ3v) is 3.63. The molecule has 1 aromatic rings. The van der Waals surface area contributed by atoms with Gasteiger partial charge in [0.25, 0.3) is 0 Å². The van der Waals surface area contributed by atoms with Crippen molar-refractivity contribution < 1.29 is 0 Å². The largest absolute Gasteiger partial charge is 0.374 e. The summed E-state index contributed by atoms with van der Waals surface area (Å²) in [6.45, 7) is 1.14. The van der Waals surface area contributed by atoms with Crippen molar-refractivity contribution in [3.63, 3.8) is 0 Å². The van der Waals surface area contributed by atoms with Crippen LogP contribution in [0.15, 0.2) is 42.0 Å². The Morgan fingerprint density at radius 1 is 1.12 bits per heavy atom. The van der Waals surface area contributed by atoms with Crippen LogP contribution in [0.5, 0.6) is 0 Å². The Morgan fingerprint density at radius 2 is 2.00 bits per heavy atom. The lowest BCUT2D eigenvalue weighted by Gasteiger charge is -2.19. The zero-order valence-corrected chi connectivity index (χ0v) is 9.74. The Morgan fingerprint density at radius 3 is 2.94 bits per heavy atom. The molecule has 82 valence electrons. The van der Waals surface area contributed by atoms with Crippen molar-refractivity contribution in [2.45, 2.75) is 19.3 Å². The highest BCUT2D eigenvalue weighted by Gasteiger charge is 2.18. The third-order valence-electron chi connectivity index (χ3n) is 3.63. The minimum Gasteiger partial charge on any atom is -0.374 e. The van der Waals surface area contributed by atoms with Gasteiger partial charge in [-0.3, -0.25) is 0 Å². The molecule has 0 unspecified atom stereocenters. The van der Waals surface area contributed by atoms with Gasteiger partial charge in [-0.2, -0.15) is 0 Å². The van der Waals surface area contributed by atoms with E-state index in [-0.39, 0.29) is 0 Å². The molecule has 0 atom stereocenters. The Labute approximate surface area is 97.1 Å². The highest BCUT2D eigenvalue weighted by atomic mass is 15.1. The van der Waals surface area contributed by atoms with Crippen molar-refractivity contribution in [3.05, 3.63) is 47.6 Å². The van der Waals surface area contributed by atoms with E-state index in [0.717, 1.165) is 6.54 Å². The maximum atomic E-state index is 2.38. The van der Waals surface area contributed by atoms with E-state index in [0.29, 0.717) is 0 Å². The molecule has 1 aromatic carbocycles. The van der Waals surface area contributed by atoms with Crippen LogP contribution in [-0.2, 0) is 0 Å². The van der Waals surface area contributed by atoms with E-state index in [4.69, 9.17) is 0 Å². The van der Waals surface area contributed by atoms with Crippen LogP contribution in [0, 0.1) is 0 Å². The van der Waals surface area contributed by atoms with Crippen molar-refractivity contribution in [3.8, 4) is 0 Å². The van der Waals surface area contributed by atoms with Gasteiger partial charge in [0.15, 0.2) is 0 Å². The second kappa shape index (κ2) is 3.82. The van der Waals surface area contributed by atoms with Gasteiger partial charge in [-0.1, -0.05) is 35.9 Å². The summed E-state index contributed by atoms with van der Waals surface area (Å²) in [5, 5.41) is 0. The van der Waals surface area contributed by atoms with E-state index < -0.39 is 0 Å². The fourth-order valence-electron chi connectivity index (χ4n) is 2.71. The average Bonchev–Trinajstić information content (AvgIpc) is 2.49. The molecule has 0 fully saturated rings. The van der Waals surface area contributed by atoms with Crippen LogP contribution >= 0.6 is 0 Å². The monoisotopic (exact) mass is 211 g/mol. The molecule has 0 saturated heterocycles. The van der Waals surface area contributed by atoms with Crippen LogP contribution in [0.4, 0.5) is 5.69 Å². The minimum atomic E-state index is 1.14. The molecule has 2 aliphatic rings. The van der Waals surface area contributed by atoms with Gasteiger partial charge in [-0.15, -0.1) is 0 Å². The molecule has 1 aliphatic carbocycles. The van der Waals surface area contributed by atoms with Gasteiger partial charge in [0.2, 0.25) is 0 Å². The Hall–Kier alpha value is -1.50. The number of fused-ring (bicyclic) bond motifs is 2. The summed E-state index contributed by atoms with van der Waals surface area (Å²) < 4.78 is 0. The number of allylic oxidation sites excluding steroid dienone is 3. The van der Waals surface area contributed by atoms with Crippen LogP contribution in [0.25, 0.3) is 5.57 Å². The standard InChI is InChI=1S/C15H17N/c1-16-11-10-12-6-2-3-7-13(12)14-8-4-5-9-15(14)16/h3-5,7-9H,2,6,10-11H2,1H3. The second-order valence-corrected chi connectivity index (χ2v) is 4.65. The fourth-order valence-corrected chi connectivity index (χ4v) is 2.71. The summed E-state index contributed by atoms with van der Waals surface area (Å²) in [4.78, 5) is 2.38. The smallest absolute Gasteiger partial charge is 0.0443 e. The summed E-state index contributed by atoms with van der Waals surface area (Å²) >= 11 is 0. The zero-order valence-electron chi connectivity index (χ0n) is 9.74. The molecule has 0 radical (unpaired) electrons. The molecule has 0 N–H and O–H groups in total. The number of rotatable bonds is 0. The summed E-state index contributed by atoms with van der Waals surface area (Å²) in [5.41, 5.74) is 5.90. The molecule has 3 rings (SSSR count). The zero-order chi connectivity index (χ0) is 11.0. The Kier molecular flexibility index (Phi) is 2.32. The first-order chi connectivity index (χ1) is 7.86. The summed E-state index contributed by atoms with van der Waals surface area (Å²) in [7, 11) is 2.20. The molecule has 1 aliphatic heterocycles. The summed E-state index contributed by atoms with van der Waals surface area (Å²) in [6, 6.07) is 8.76. The number of anilines is 1. The molecule has 1 heteroatoms. The van der Waals surface area contributed by atoms with E-state index in [2.05, 4.69) is 48.4 Å². The average molecular weight is 211 g/mol. The van der Waals surface area contributed by atoms with Crippen LogP contribution in [0.2, 0.25) is 0 Å². The van der Waals surface area contributed by atoms with Gasteiger partial charge >= 0.3 is 0 Å². The number of nitrogens with zero attached hydrogens (tertiary/aromatic N) is 1. The molecule has 0 saturated carbocycles. The first kappa shape index (κ1) is 9.71. The van der Waals surface area contributed by atoms with Crippen molar-refractivity contribution in [1.29, 1.82) is 0 Å². The second-order valence-electron chi connectivity index (χ2n) is 4.65. The quantitative estimate of drug-likeness (QED) is 0.633. The highest BCUT2D eigenvalue weighted by molar-refractivity contribution is 5.85. The number of hydrogen-bond donors (Lipinski definition) is 0. The predicted octanol–water partition coefficient (Wildman–Crippen LogP) is 3.63. The lowest BCUT2D eigenvalue weighted by atomic mass is 9.91. The Balaban J connectivity index is 2.19. The van der Waals surface area contributed by atoms with Gasteiger partial charge < -0.3 is 4.90 Å². The highest BCUT2D eigenvalue weighted by Crippen LogP contribution is 2.37.